The van der Waals surface area contributed by atoms with Gasteiger partial charge in [-0.1, -0.05) is 11.2 Å². The Kier molecular flexibility index (Phi) is 4.29. The van der Waals surface area contributed by atoms with Gasteiger partial charge in [0, 0.05) is 20.0 Å². The zero-order chi connectivity index (χ0) is 14.5. The van der Waals surface area contributed by atoms with Gasteiger partial charge in [0.25, 0.3) is 5.91 Å². The van der Waals surface area contributed by atoms with E-state index in [1.54, 1.807) is 25.2 Å². The van der Waals surface area contributed by atoms with Crippen molar-refractivity contribution in [3.63, 3.8) is 0 Å². The minimum atomic E-state index is -0.196. The Morgan fingerprint density at radius 3 is 2.95 bits per heavy atom. The molecule has 2 rings (SSSR count). The Bertz CT molecular complexity index is 530. The summed E-state index contributed by atoms with van der Waals surface area (Å²) < 4.78 is 11.0. The largest absolute Gasteiger partial charge is 0.486 e. The normalized spacial score (nSPS) is 13.9. The summed E-state index contributed by atoms with van der Waals surface area (Å²) >= 11 is 0. The van der Waals surface area contributed by atoms with Crippen molar-refractivity contribution in [1.82, 2.24) is 4.90 Å². The van der Waals surface area contributed by atoms with E-state index in [1.165, 1.54) is 4.90 Å². The lowest BCUT2D eigenvalue weighted by Crippen LogP contribution is -2.31. The van der Waals surface area contributed by atoms with Crippen molar-refractivity contribution in [3.05, 3.63) is 23.8 Å². The van der Waals surface area contributed by atoms with Crippen LogP contribution >= 0.6 is 0 Å². The monoisotopic (exact) mass is 279 g/mol. The maximum Gasteiger partial charge on any atom is 0.257 e. The third kappa shape index (κ3) is 2.93. The minimum Gasteiger partial charge on any atom is -0.486 e. The van der Waals surface area contributed by atoms with Crippen LogP contribution in [-0.4, -0.2) is 48.7 Å². The number of amidine groups is 1. The van der Waals surface area contributed by atoms with Crippen molar-refractivity contribution < 1.29 is 19.5 Å². The van der Waals surface area contributed by atoms with Crippen LogP contribution in [0.25, 0.3) is 0 Å². The van der Waals surface area contributed by atoms with Gasteiger partial charge < -0.3 is 25.3 Å². The number of carbonyl (C=O) groups excluding carboxylic acids is 1. The minimum absolute atomic E-state index is 0.0827. The number of benzene rings is 1. The molecule has 1 amide bonds. The zero-order valence-electron chi connectivity index (χ0n) is 11.2. The zero-order valence-corrected chi connectivity index (χ0v) is 11.2. The quantitative estimate of drug-likeness (QED) is 0.365. The van der Waals surface area contributed by atoms with Crippen LogP contribution < -0.4 is 15.2 Å². The average molecular weight is 279 g/mol. The molecule has 1 aliphatic rings. The number of nitrogens with two attached hydrogens (primary N) is 1. The van der Waals surface area contributed by atoms with E-state index in [0.29, 0.717) is 43.2 Å². The fraction of sp³-hybridized carbons (Fsp3) is 0.385. The second-order valence-electron chi connectivity index (χ2n) is 4.40. The van der Waals surface area contributed by atoms with Crippen LogP contribution in [0, 0.1) is 0 Å². The summed E-state index contributed by atoms with van der Waals surface area (Å²) in [4.78, 5) is 13.9. The van der Waals surface area contributed by atoms with E-state index in [1.807, 2.05) is 0 Å². The highest BCUT2D eigenvalue weighted by molar-refractivity contribution is 5.98. The molecule has 108 valence electrons. The molecule has 7 nitrogen and oxygen atoms in total. The van der Waals surface area contributed by atoms with Gasteiger partial charge in [0.2, 0.25) is 0 Å². The molecule has 0 unspecified atom stereocenters. The highest BCUT2D eigenvalue weighted by atomic mass is 16.6. The molecule has 0 atom stereocenters. The lowest BCUT2D eigenvalue weighted by Gasteiger charge is -2.23. The maximum atomic E-state index is 12.4. The number of nitrogens with zero attached hydrogens (tertiary/aromatic N) is 2. The van der Waals surface area contributed by atoms with Crippen LogP contribution in [-0.2, 0) is 0 Å². The molecule has 0 radical (unpaired) electrons. The number of amides is 1. The summed E-state index contributed by atoms with van der Waals surface area (Å²) in [5, 5.41) is 11.4. The second-order valence-corrected chi connectivity index (χ2v) is 4.40. The summed E-state index contributed by atoms with van der Waals surface area (Å²) in [6, 6.07) is 5.20. The Labute approximate surface area is 116 Å². The van der Waals surface area contributed by atoms with E-state index in [2.05, 4.69) is 5.16 Å². The summed E-state index contributed by atoms with van der Waals surface area (Å²) in [6.07, 6.45) is 0.297. The molecule has 0 saturated heterocycles. The molecule has 0 spiro atoms. The van der Waals surface area contributed by atoms with Crippen LogP contribution in [0.15, 0.2) is 23.4 Å². The lowest BCUT2D eigenvalue weighted by atomic mass is 10.1. The average Bonchev–Trinajstić information content (AvgIpc) is 2.50. The number of ether oxygens (including phenoxy) is 2. The first-order valence-electron chi connectivity index (χ1n) is 6.24. The molecule has 20 heavy (non-hydrogen) atoms. The number of hydrogen-bond donors (Lipinski definition) is 2. The summed E-state index contributed by atoms with van der Waals surface area (Å²) in [7, 11) is 1.65. The molecule has 0 fully saturated rings. The first-order valence-corrected chi connectivity index (χ1v) is 6.24. The summed E-state index contributed by atoms with van der Waals surface area (Å²) in [5.74, 6) is 0.934. The standard InChI is InChI=1S/C13H17N3O4/c1-16(6-5-11(14)15-18)13(17)9-3-2-4-10-12(9)20-8-7-19-10/h2-4,18H,5-8H2,1H3,(H2,14,15). The fourth-order valence-electron chi connectivity index (χ4n) is 1.88. The first-order chi connectivity index (χ1) is 9.63. The van der Waals surface area contributed by atoms with Gasteiger partial charge in [-0.15, -0.1) is 0 Å². The van der Waals surface area contributed by atoms with Crippen LogP contribution in [0.5, 0.6) is 11.5 Å². The van der Waals surface area contributed by atoms with Gasteiger partial charge in [-0.2, -0.15) is 0 Å². The fourth-order valence-corrected chi connectivity index (χ4v) is 1.88. The molecule has 3 N–H and O–H groups in total. The molecule has 0 saturated carbocycles. The van der Waals surface area contributed by atoms with Gasteiger partial charge in [-0.3, -0.25) is 4.79 Å². The van der Waals surface area contributed by atoms with E-state index < -0.39 is 0 Å². The molecule has 0 bridgehead atoms. The lowest BCUT2D eigenvalue weighted by molar-refractivity contribution is 0.0787. The number of oxime groups is 1. The number of carbonyl (C=O) groups is 1. The van der Waals surface area contributed by atoms with Crippen LogP contribution in [0.1, 0.15) is 16.8 Å². The van der Waals surface area contributed by atoms with Gasteiger partial charge in [0.05, 0.1) is 5.56 Å². The Morgan fingerprint density at radius 1 is 1.45 bits per heavy atom. The summed E-state index contributed by atoms with van der Waals surface area (Å²) in [6.45, 7) is 1.24. The predicted octanol–water partition coefficient (Wildman–Crippen LogP) is 0.666. The first kappa shape index (κ1) is 14.0. The third-order valence-corrected chi connectivity index (χ3v) is 2.98. The van der Waals surface area contributed by atoms with Crippen LogP contribution in [0.4, 0.5) is 0 Å². The smallest absolute Gasteiger partial charge is 0.257 e. The van der Waals surface area contributed by atoms with E-state index in [-0.39, 0.29) is 11.7 Å². The second kappa shape index (κ2) is 6.14. The van der Waals surface area contributed by atoms with Crippen molar-refractivity contribution in [2.45, 2.75) is 6.42 Å². The van der Waals surface area contributed by atoms with Crippen molar-refractivity contribution in [2.75, 3.05) is 26.8 Å². The molecule has 7 heteroatoms. The molecular formula is C13H17N3O4. The van der Waals surface area contributed by atoms with Crippen molar-refractivity contribution in [3.8, 4) is 11.5 Å². The summed E-state index contributed by atoms with van der Waals surface area (Å²) in [5.41, 5.74) is 5.84. The third-order valence-electron chi connectivity index (χ3n) is 2.98. The molecule has 1 aliphatic heterocycles. The van der Waals surface area contributed by atoms with E-state index in [4.69, 9.17) is 20.4 Å². The molecule has 1 heterocycles. The van der Waals surface area contributed by atoms with Gasteiger partial charge in [0.1, 0.15) is 19.0 Å². The van der Waals surface area contributed by atoms with Gasteiger partial charge >= 0.3 is 0 Å². The number of rotatable bonds is 4. The Morgan fingerprint density at radius 2 is 2.20 bits per heavy atom. The molecule has 0 aromatic heterocycles. The number of para-hydroxylation sites is 1. The topological polar surface area (TPSA) is 97.4 Å². The number of fused-ring (bicyclic) bond motifs is 1. The van der Waals surface area contributed by atoms with Gasteiger partial charge in [-0.05, 0) is 12.1 Å². The van der Waals surface area contributed by atoms with Crippen LogP contribution in [0.3, 0.4) is 0 Å². The number of hydrogen-bond acceptors (Lipinski definition) is 5. The van der Waals surface area contributed by atoms with Crippen molar-refractivity contribution in [2.24, 2.45) is 10.9 Å². The van der Waals surface area contributed by atoms with Crippen molar-refractivity contribution >= 4 is 11.7 Å². The van der Waals surface area contributed by atoms with E-state index >= 15 is 0 Å². The molecule has 1 aromatic rings. The van der Waals surface area contributed by atoms with E-state index in [0.717, 1.165) is 0 Å². The highest BCUT2D eigenvalue weighted by Gasteiger charge is 2.22. The molecular weight excluding hydrogens is 262 g/mol. The van der Waals surface area contributed by atoms with E-state index in [9.17, 15) is 4.79 Å². The van der Waals surface area contributed by atoms with Crippen LogP contribution in [0.2, 0.25) is 0 Å². The Balaban J connectivity index is 2.13. The highest BCUT2D eigenvalue weighted by Crippen LogP contribution is 2.34. The maximum absolute atomic E-state index is 12.4. The molecule has 0 aliphatic carbocycles. The SMILES string of the molecule is CN(CC/C(N)=N/O)C(=O)c1cccc2c1OCCO2. The van der Waals surface area contributed by atoms with Crippen molar-refractivity contribution in [1.29, 1.82) is 0 Å². The Hall–Kier alpha value is -2.44. The predicted molar refractivity (Wildman–Crippen MR) is 72.4 cm³/mol. The van der Waals surface area contributed by atoms with Gasteiger partial charge in [-0.25, -0.2) is 0 Å². The van der Waals surface area contributed by atoms with Gasteiger partial charge in [0.15, 0.2) is 11.5 Å². The molecule has 1 aromatic carbocycles.